The molecule has 24 heavy (non-hydrogen) atoms. The fourth-order valence-corrected chi connectivity index (χ4v) is 5.80. The Morgan fingerprint density at radius 2 is 1.54 bits per heavy atom. The summed E-state index contributed by atoms with van der Waals surface area (Å²) in [7, 11) is 0. The highest BCUT2D eigenvalue weighted by Crippen LogP contribution is 2.52. The van der Waals surface area contributed by atoms with Gasteiger partial charge in [-0.1, -0.05) is 91.3 Å². The molecule has 3 heteroatoms. The summed E-state index contributed by atoms with van der Waals surface area (Å²) in [5.74, 6) is 0. The summed E-state index contributed by atoms with van der Waals surface area (Å²) in [5, 5.41) is 3.49. The van der Waals surface area contributed by atoms with Gasteiger partial charge in [-0.2, -0.15) is 0 Å². The number of thioether (sulfide) groups is 2. The lowest BCUT2D eigenvalue weighted by atomic mass is 9.86. The van der Waals surface area contributed by atoms with Gasteiger partial charge in [0, 0.05) is 10.5 Å². The lowest BCUT2D eigenvalue weighted by Gasteiger charge is -2.32. The van der Waals surface area contributed by atoms with Crippen molar-refractivity contribution in [1.29, 1.82) is 0 Å². The average Bonchev–Trinajstić information content (AvgIpc) is 3.00. The van der Waals surface area contributed by atoms with Gasteiger partial charge in [-0.05, 0) is 30.4 Å². The first kappa shape index (κ1) is 16.0. The van der Waals surface area contributed by atoms with E-state index in [1.807, 2.05) is 11.8 Å². The van der Waals surface area contributed by atoms with Crippen molar-refractivity contribution in [3.63, 3.8) is 0 Å². The SMILES string of the molecule is C(/Sc1ccccc1)=C1/N=C(c2ccccc2)SC12CCCCC2. The van der Waals surface area contributed by atoms with Crippen LogP contribution in [0.25, 0.3) is 0 Å². The third-order valence-electron chi connectivity index (χ3n) is 4.71. The van der Waals surface area contributed by atoms with E-state index in [1.165, 1.54) is 53.3 Å². The Kier molecular flexibility index (Phi) is 4.81. The van der Waals surface area contributed by atoms with Crippen LogP contribution in [-0.4, -0.2) is 9.79 Å². The van der Waals surface area contributed by atoms with Gasteiger partial charge in [-0.15, -0.1) is 0 Å². The summed E-state index contributed by atoms with van der Waals surface area (Å²) in [6.45, 7) is 0. The van der Waals surface area contributed by atoms with Crippen LogP contribution in [0.15, 0.2) is 81.7 Å². The summed E-state index contributed by atoms with van der Waals surface area (Å²) in [5.41, 5.74) is 2.53. The Balaban J connectivity index is 1.65. The van der Waals surface area contributed by atoms with Gasteiger partial charge in [0.1, 0.15) is 5.04 Å². The maximum absolute atomic E-state index is 5.07. The van der Waals surface area contributed by atoms with Crippen LogP contribution in [0.2, 0.25) is 0 Å². The first-order valence-corrected chi connectivity index (χ1v) is 10.3. The van der Waals surface area contributed by atoms with E-state index in [0.29, 0.717) is 0 Å². The molecule has 1 heterocycles. The lowest BCUT2D eigenvalue weighted by Crippen LogP contribution is -2.27. The second kappa shape index (κ2) is 7.20. The van der Waals surface area contributed by atoms with Crippen LogP contribution in [0, 0.1) is 0 Å². The Morgan fingerprint density at radius 3 is 2.25 bits per heavy atom. The van der Waals surface area contributed by atoms with Crippen molar-refractivity contribution in [2.75, 3.05) is 0 Å². The molecule has 122 valence electrons. The second-order valence-electron chi connectivity index (χ2n) is 6.37. The van der Waals surface area contributed by atoms with Crippen molar-refractivity contribution in [2.45, 2.75) is 41.7 Å². The van der Waals surface area contributed by atoms with Crippen LogP contribution in [0.5, 0.6) is 0 Å². The van der Waals surface area contributed by atoms with E-state index in [2.05, 4.69) is 66.1 Å². The zero-order chi connectivity index (χ0) is 16.2. The Morgan fingerprint density at radius 1 is 0.875 bits per heavy atom. The zero-order valence-corrected chi connectivity index (χ0v) is 15.3. The number of hydrogen-bond acceptors (Lipinski definition) is 3. The normalized spacial score (nSPS) is 21.2. The summed E-state index contributed by atoms with van der Waals surface area (Å²) in [6.07, 6.45) is 6.50. The van der Waals surface area contributed by atoms with Gasteiger partial charge in [0.25, 0.3) is 0 Å². The van der Waals surface area contributed by atoms with Gasteiger partial charge in [-0.3, -0.25) is 0 Å². The first-order valence-electron chi connectivity index (χ1n) is 8.61. The van der Waals surface area contributed by atoms with Crippen LogP contribution in [0.4, 0.5) is 0 Å². The number of rotatable bonds is 3. The van der Waals surface area contributed by atoms with Crippen molar-refractivity contribution in [2.24, 2.45) is 4.99 Å². The van der Waals surface area contributed by atoms with Gasteiger partial charge in [0.15, 0.2) is 0 Å². The zero-order valence-electron chi connectivity index (χ0n) is 13.7. The minimum absolute atomic E-state index is 0.200. The molecular weight excluding hydrogens is 330 g/mol. The van der Waals surface area contributed by atoms with Gasteiger partial charge < -0.3 is 0 Å². The maximum atomic E-state index is 5.07. The Labute approximate surface area is 152 Å². The van der Waals surface area contributed by atoms with Crippen LogP contribution in [0.1, 0.15) is 37.7 Å². The standard InChI is InChI=1S/C21H21NS2/c1-4-10-17(11-5-1)20-22-19(16-23-18-12-6-2-7-13-18)21(24-20)14-8-3-9-15-21/h1-2,4-7,10-13,16H,3,8-9,14-15H2/b19-16-. The molecule has 2 aromatic carbocycles. The predicted molar refractivity (Wildman–Crippen MR) is 107 cm³/mol. The molecule has 0 atom stereocenters. The first-order chi connectivity index (χ1) is 11.9. The minimum Gasteiger partial charge on any atom is -0.244 e. The molecule has 1 fully saturated rings. The van der Waals surface area contributed by atoms with Crippen LogP contribution in [0.3, 0.4) is 0 Å². The predicted octanol–water partition coefficient (Wildman–Crippen LogP) is 6.52. The molecule has 0 radical (unpaired) electrons. The smallest absolute Gasteiger partial charge is 0.105 e. The molecule has 0 aromatic heterocycles. The van der Waals surface area contributed by atoms with Gasteiger partial charge in [-0.25, -0.2) is 4.99 Å². The summed E-state index contributed by atoms with van der Waals surface area (Å²) in [6, 6.07) is 21.2. The average molecular weight is 352 g/mol. The fourth-order valence-electron chi connectivity index (χ4n) is 3.41. The third kappa shape index (κ3) is 3.33. The number of aliphatic imine (C=N–C) groups is 1. The van der Waals surface area contributed by atoms with Crippen LogP contribution >= 0.6 is 23.5 Å². The molecule has 1 spiro atoms. The van der Waals surface area contributed by atoms with E-state index in [4.69, 9.17) is 4.99 Å². The van der Waals surface area contributed by atoms with Crippen molar-refractivity contribution < 1.29 is 0 Å². The molecule has 1 nitrogen and oxygen atoms in total. The number of nitrogens with zero attached hydrogens (tertiary/aromatic N) is 1. The molecule has 0 saturated heterocycles. The molecule has 0 unspecified atom stereocenters. The third-order valence-corrected chi connectivity index (χ3v) is 7.13. The highest BCUT2D eigenvalue weighted by atomic mass is 32.2. The molecular formula is C21H21NS2. The van der Waals surface area contributed by atoms with Crippen molar-refractivity contribution >= 4 is 28.6 Å². The van der Waals surface area contributed by atoms with Gasteiger partial charge in [0.05, 0.1) is 10.4 Å². The van der Waals surface area contributed by atoms with E-state index in [0.717, 1.165) is 0 Å². The summed E-state index contributed by atoms with van der Waals surface area (Å²) >= 11 is 3.80. The summed E-state index contributed by atoms with van der Waals surface area (Å²) in [4.78, 5) is 6.35. The molecule has 1 aliphatic heterocycles. The topological polar surface area (TPSA) is 12.4 Å². The number of hydrogen-bond donors (Lipinski definition) is 0. The molecule has 1 saturated carbocycles. The lowest BCUT2D eigenvalue weighted by molar-refractivity contribution is 0.440. The molecule has 2 aromatic rings. The maximum Gasteiger partial charge on any atom is 0.105 e. The van der Waals surface area contributed by atoms with Crippen LogP contribution in [-0.2, 0) is 0 Å². The Hall–Kier alpha value is -1.45. The molecule has 4 rings (SSSR count). The minimum atomic E-state index is 0.200. The van der Waals surface area contributed by atoms with E-state index in [-0.39, 0.29) is 4.75 Å². The van der Waals surface area contributed by atoms with E-state index < -0.39 is 0 Å². The van der Waals surface area contributed by atoms with Crippen LogP contribution < -0.4 is 0 Å². The fraction of sp³-hybridized carbons (Fsp3) is 0.286. The van der Waals surface area contributed by atoms with Crippen molar-refractivity contribution in [1.82, 2.24) is 0 Å². The van der Waals surface area contributed by atoms with Gasteiger partial charge >= 0.3 is 0 Å². The molecule has 0 N–H and O–H groups in total. The van der Waals surface area contributed by atoms with Crippen molar-refractivity contribution in [3.8, 4) is 0 Å². The highest BCUT2D eigenvalue weighted by Gasteiger charge is 2.42. The second-order valence-corrected chi connectivity index (χ2v) is 8.69. The van der Waals surface area contributed by atoms with E-state index in [1.54, 1.807) is 11.8 Å². The largest absolute Gasteiger partial charge is 0.244 e. The quantitative estimate of drug-likeness (QED) is 0.584. The van der Waals surface area contributed by atoms with Crippen molar-refractivity contribution in [3.05, 3.63) is 77.3 Å². The molecule has 2 aliphatic rings. The molecule has 1 aliphatic carbocycles. The Bertz CT molecular complexity index is 744. The number of benzene rings is 2. The van der Waals surface area contributed by atoms with E-state index >= 15 is 0 Å². The van der Waals surface area contributed by atoms with Gasteiger partial charge in [0.2, 0.25) is 0 Å². The summed E-state index contributed by atoms with van der Waals surface area (Å²) < 4.78 is 0.200. The van der Waals surface area contributed by atoms with E-state index in [9.17, 15) is 0 Å². The molecule has 0 bridgehead atoms. The molecule has 0 amide bonds. The monoisotopic (exact) mass is 351 g/mol. The highest BCUT2D eigenvalue weighted by molar-refractivity contribution is 8.16.